The monoisotopic (exact) mass is 298 g/mol. The fourth-order valence-corrected chi connectivity index (χ4v) is 5.30. The first-order chi connectivity index (χ1) is 10.5. The number of nitrogens with zero attached hydrogens (tertiary/aromatic N) is 2. The molecule has 2 unspecified atom stereocenters. The zero-order valence-electron chi connectivity index (χ0n) is 13.9. The van der Waals surface area contributed by atoms with Crippen molar-refractivity contribution >= 4 is 5.78 Å². The summed E-state index contributed by atoms with van der Waals surface area (Å²) >= 11 is 0. The van der Waals surface area contributed by atoms with E-state index in [1.54, 1.807) is 0 Å². The third-order valence-electron chi connectivity index (χ3n) is 5.94. The number of benzene rings is 1. The van der Waals surface area contributed by atoms with Crippen LogP contribution in [0, 0.1) is 17.8 Å². The third-order valence-corrected chi connectivity index (χ3v) is 5.94. The highest BCUT2D eigenvalue weighted by molar-refractivity contribution is 5.93. The molecule has 4 aliphatic rings. The van der Waals surface area contributed by atoms with E-state index in [9.17, 15) is 4.79 Å². The number of hydrogen-bond acceptors (Lipinski definition) is 3. The van der Waals surface area contributed by atoms with E-state index in [2.05, 4.69) is 54.8 Å². The zero-order valence-corrected chi connectivity index (χ0v) is 13.9. The van der Waals surface area contributed by atoms with Gasteiger partial charge in [-0.05, 0) is 18.9 Å². The average molecular weight is 298 g/mol. The number of carbonyl (C=O) groups is 1. The fourth-order valence-electron chi connectivity index (χ4n) is 5.30. The molecule has 2 atom stereocenters. The average Bonchev–Trinajstić information content (AvgIpc) is 2.45. The van der Waals surface area contributed by atoms with Crippen molar-refractivity contribution in [1.82, 2.24) is 9.80 Å². The topological polar surface area (TPSA) is 23.6 Å². The van der Waals surface area contributed by atoms with Crippen molar-refractivity contribution in [2.75, 3.05) is 26.2 Å². The molecule has 0 N–H and O–H groups in total. The lowest BCUT2D eigenvalue weighted by molar-refractivity contribution is -0.201. The predicted octanol–water partition coefficient (Wildman–Crippen LogP) is 3.00. The Morgan fingerprint density at radius 1 is 1.09 bits per heavy atom. The van der Waals surface area contributed by atoms with Crippen LogP contribution in [0.5, 0.6) is 0 Å². The van der Waals surface area contributed by atoms with Gasteiger partial charge in [0.1, 0.15) is 5.78 Å². The summed E-state index contributed by atoms with van der Waals surface area (Å²) in [5.41, 5.74) is 2.42. The second kappa shape index (κ2) is 4.65. The maximum atomic E-state index is 13.0. The molecule has 0 saturated carbocycles. The highest BCUT2D eigenvalue weighted by atomic mass is 16.1. The largest absolute Gasteiger partial charge is 0.298 e. The zero-order chi connectivity index (χ0) is 15.5. The van der Waals surface area contributed by atoms with Crippen molar-refractivity contribution in [2.24, 2.45) is 10.8 Å². The molecule has 1 aromatic rings. The minimum Gasteiger partial charge on any atom is -0.298 e. The first-order valence-corrected chi connectivity index (χ1v) is 8.57. The van der Waals surface area contributed by atoms with Gasteiger partial charge in [0.05, 0.1) is 17.0 Å². The molecule has 0 aliphatic carbocycles. The van der Waals surface area contributed by atoms with Gasteiger partial charge in [-0.25, -0.2) is 0 Å². The van der Waals surface area contributed by atoms with E-state index in [4.69, 9.17) is 0 Å². The molecule has 4 bridgehead atoms. The van der Waals surface area contributed by atoms with Gasteiger partial charge in [0.15, 0.2) is 0 Å². The summed E-state index contributed by atoms with van der Waals surface area (Å²) in [4.78, 5) is 18.2. The Morgan fingerprint density at radius 3 is 2.23 bits per heavy atom. The van der Waals surface area contributed by atoms with Crippen LogP contribution in [0.2, 0.25) is 0 Å². The lowest BCUT2D eigenvalue weighted by Gasteiger charge is -2.65. The van der Waals surface area contributed by atoms with Crippen LogP contribution >= 0.6 is 0 Å². The van der Waals surface area contributed by atoms with Crippen LogP contribution in [0.25, 0.3) is 0 Å². The first kappa shape index (κ1) is 14.4. The molecule has 1 aromatic carbocycles. The summed E-state index contributed by atoms with van der Waals surface area (Å²) in [5, 5.41) is 0. The van der Waals surface area contributed by atoms with E-state index in [-0.39, 0.29) is 10.8 Å². The molecule has 5 rings (SSSR count). The van der Waals surface area contributed by atoms with Gasteiger partial charge in [0.2, 0.25) is 0 Å². The van der Waals surface area contributed by atoms with E-state index < -0.39 is 0 Å². The van der Waals surface area contributed by atoms with Crippen LogP contribution in [0.4, 0.5) is 0 Å². The minimum absolute atomic E-state index is 0.110. The maximum absolute atomic E-state index is 13.0. The summed E-state index contributed by atoms with van der Waals surface area (Å²) in [6.07, 6.45) is 2.50. The molecule has 4 saturated heterocycles. The van der Waals surface area contributed by atoms with E-state index in [0.29, 0.717) is 11.9 Å². The highest BCUT2D eigenvalue weighted by Gasteiger charge is 2.63. The molecule has 22 heavy (non-hydrogen) atoms. The Hall–Kier alpha value is -1.19. The maximum Gasteiger partial charge on any atom is 0.150 e. The standard InChI is InChI=1S/C19H26N2O/c1-4-9-19-12-20-10-18(3,17(19)22)11-21(13-19)16(20)15-7-5-14(2)6-8-15/h5-8,16H,4,9-13H2,1-3H3. The van der Waals surface area contributed by atoms with Crippen molar-refractivity contribution in [3.8, 4) is 0 Å². The second-order valence-corrected chi connectivity index (χ2v) is 8.01. The van der Waals surface area contributed by atoms with Gasteiger partial charge in [-0.1, -0.05) is 50.1 Å². The Balaban J connectivity index is 1.71. The molecular formula is C19H26N2O. The van der Waals surface area contributed by atoms with Crippen molar-refractivity contribution in [2.45, 2.75) is 39.8 Å². The lowest BCUT2D eigenvalue weighted by Crippen LogP contribution is -2.76. The Kier molecular flexibility index (Phi) is 3.05. The summed E-state index contributed by atoms with van der Waals surface area (Å²) in [5.74, 6) is 0.539. The second-order valence-electron chi connectivity index (χ2n) is 8.01. The van der Waals surface area contributed by atoms with Crippen LogP contribution in [-0.4, -0.2) is 41.8 Å². The molecular weight excluding hydrogens is 272 g/mol. The van der Waals surface area contributed by atoms with E-state index in [1.807, 2.05) is 0 Å². The van der Waals surface area contributed by atoms with Crippen LogP contribution in [0.3, 0.4) is 0 Å². The Bertz CT molecular complexity index is 590. The smallest absolute Gasteiger partial charge is 0.150 e. The summed E-state index contributed by atoms with van der Waals surface area (Å²) in [6.45, 7) is 10.3. The molecule has 4 heterocycles. The van der Waals surface area contributed by atoms with Crippen LogP contribution in [-0.2, 0) is 4.79 Å². The van der Waals surface area contributed by atoms with Crippen molar-refractivity contribution in [1.29, 1.82) is 0 Å². The van der Waals surface area contributed by atoms with Crippen LogP contribution in [0.1, 0.15) is 44.0 Å². The highest BCUT2D eigenvalue weighted by Crippen LogP contribution is 2.53. The lowest BCUT2D eigenvalue weighted by atomic mass is 9.59. The number of Topliss-reactive ketones (excluding diaryl/α,β-unsaturated/α-hetero) is 1. The van der Waals surface area contributed by atoms with E-state index >= 15 is 0 Å². The molecule has 4 fully saturated rings. The number of hydrogen-bond donors (Lipinski definition) is 0. The van der Waals surface area contributed by atoms with Gasteiger partial charge < -0.3 is 0 Å². The molecule has 118 valence electrons. The molecule has 0 spiro atoms. The molecule has 0 amide bonds. The quantitative estimate of drug-likeness (QED) is 0.857. The van der Waals surface area contributed by atoms with E-state index in [1.165, 1.54) is 11.1 Å². The number of carbonyl (C=O) groups excluding carboxylic acids is 1. The molecule has 0 radical (unpaired) electrons. The van der Waals surface area contributed by atoms with Gasteiger partial charge in [0, 0.05) is 26.2 Å². The van der Waals surface area contributed by atoms with Crippen molar-refractivity contribution < 1.29 is 4.79 Å². The number of rotatable bonds is 3. The Labute approximate surface area is 133 Å². The van der Waals surface area contributed by atoms with Crippen molar-refractivity contribution in [3.63, 3.8) is 0 Å². The first-order valence-electron chi connectivity index (χ1n) is 8.57. The van der Waals surface area contributed by atoms with E-state index in [0.717, 1.165) is 39.0 Å². The van der Waals surface area contributed by atoms with Crippen molar-refractivity contribution in [3.05, 3.63) is 35.4 Å². The van der Waals surface area contributed by atoms with Crippen LogP contribution in [0.15, 0.2) is 24.3 Å². The molecule has 3 heteroatoms. The number of aryl methyl sites for hydroxylation is 1. The van der Waals surface area contributed by atoms with Gasteiger partial charge in [0.25, 0.3) is 0 Å². The molecule has 0 aromatic heterocycles. The summed E-state index contributed by atoms with van der Waals surface area (Å²) in [6, 6.07) is 8.94. The van der Waals surface area contributed by atoms with Gasteiger partial charge in [-0.3, -0.25) is 14.6 Å². The SMILES string of the molecule is CCCC12CN3CC(C)(CN(C1)C3c1ccc(C)cc1)C2=O. The number of piperidine rings is 2. The predicted molar refractivity (Wildman–Crippen MR) is 87.5 cm³/mol. The summed E-state index contributed by atoms with van der Waals surface area (Å²) < 4.78 is 0. The molecule has 3 nitrogen and oxygen atoms in total. The summed E-state index contributed by atoms with van der Waals surface area (Å²) in [7, 11) is 0. The minimum atomic E-state index is -0.160. The van der Waals surface area contributed by atoms with Crippen LogP contribution < -0.4 is 0 Å². The third kappa shape index (κ3) is 1.85. The van der Waals surface area contributed by atoms with Gasteiger partial charge in [-0.15, -0.1) is 0 Å². The van der Waals surface area contributed by atoms with Gasteiger partial charge >= 0.3 is 0 Å². The normalized spacial score (nSPS) is 42.9. The fraction of sp³-hybridized carbons (Fsp3) is 0.632. The Morgan fingerprint density at radius 2 is 1.68 bits per heavy atom. The number of ketones is 1. The molecule has 4 aliphatic heterocycles. The van der Waals surface area contributed by atoms with Gasteiger partial charge in [-0.2, -0.15) is 0 Å².